The van der Waals surface area contributed by atoms with Gasteiger partial charge in [0.05, 0.1) is 6.20 Å². The second kappa shape index (κ2) is 4.21. The largest absolute Gasteiger partial charge is 0.489 e. The molecule has 0 unspecified atom stereocenters. The lowest BCUT2D eigenvalue weighted by Crippen LogP contribution is -1.99. The minimum Gasteiger partial charge on any atom is -0.489 e. The van der Waals surface area contributed by atoms with Gasteiger partial charge in [0.2, 0.25) is 0 Å². The van der Waals surface area contributed by atoms with Gasteiger partial charge in [-0.2, -0.15) is 0 Å². The summed E-state index contributed by atoms with van der Waals surface area (Å²) in [4.78, 5) is 3.47. The van der Waals surface area contributed by atoms with Crippen molar-refractivity contribution in [2.24, 2.45) is 0 Å². The molecule has 0 N–H and O–H groups in total. The molecule has 0 amide bonds. The highest BCUT2D eigenvalue weighted by molar-refractivity contribution is 6.29. The van der Waals surface area contributed by atoms with Gasteiger partial charge in [0.25, 0.3) is 0 Å². The molecule has 0 atom stereocenters. The molecule has 0 saturated carbocycles. The van der Waals surface area contributed by atoms with E-state index in [-0.39, 0.29) is 17.5 Å². The van der Waals surface area contributed by atoms with Crippen molar-refractivity contribution >= 4 is 11.6 Å². The maximum Gasteiger partial charge on any atom is 0.164 e. The fourth-order valence-corrected chi connectivity index (χ4v) is 0.742. The zero-order valence-electron chi connectivity index (χ0n) is 6.06. The lowest BCUT2D eigenvalue weighted by atomic mass is 10.4. The van der Waals surface area contributed by atoms with Crippen molar-refractivity contribution in [3.63, 3.8) is 0 Å². The highest BCUT2D eigenvalue weighted by Gasteiger charge is 2.02. The van der Waals surface area contributed by atoms with Crippen LogP contribution < -0.4 is 4.74 Å². The standard InChI is InChI=1S/C7H6ClF2NO/c8-7-6(10)3-5(4-11-7)12-2-1-9/h3-4H,1-2H2. The van der Waals surface area contributed by atoms with E-state index in [1.165, 1.54) is 6.20 Å². The van der Waals surface area contributed by atoms with Gasteiger partial charge in [-0.05, 0) is 0 Å². The van der Waals surface area contributed by atoms with Crippen molar-refractivity contribution in [2.75, 3.05) is 13.3 Å². The Morgan fingerprint density at radius 2 is 2.33 bits per heavy atom. The molecule has 0 fully saturated rings. The molecule has 0 aliphatic heterocycles. The maximum absolute atomic E-state index is 12.6. The van der Waals surface area contributed by atoms with E-state index in [9.17, 15) is 8.78 Å². The van der Waals surface area contributed by atoms with Crippen LogP contribution in [0.5, 0.6) is 5.75 Å². The summed E-state index contributed by atoms with van der Waals surface area (Å²) >= 11 is 5.30. The second-order valence-corrected chi connectivity index (χ2v) is 2.34. The number of alkyl halides is 1. The van der Waals surface area contributed by atoms with E-state index < -0.39 is 12.5 Å². The monoisotopic (exact) mass is 193 g/mol. The molecule has 2 nitrogen and oxygen atoms in total. The van der Waals surface area contributed by atoms with E-state index in [2.05, 4.69) is 4.98 Å². The number of ether oxygens (including phenoxy) is 1. The van der Waals surface area contributed by atoms with Crippen LogP contribution in [0.25, 0.3) is 0 Å². The second-order valence-electron chi connectivity index (χ2n) is 1.98. The van der Waals surface area contributed by atoms with Crippen LogP contribution in [0.15, 0.2) is 12.3 Å². The summed E-state index contributed by atoms with van der Waals surface area (Å²) in [5.74, 6) is -0.498. The summed E-state index contributed by atoms with van der Waals surface area (Å²) < 4.78 is 29.0. The highest BCUT2D eigenvalue weighted by atomic mass is 35.5. The first-order chi connectivity index (χ1) is 5.74. The van der Waals surface area contributed by atoms with Gasteiger partial charge in [0.1, 0.15) is 19.0 Å². The quantitative estimate of drug-likeness (QED) is 0.687. The molecule has 66 valence electrons. The van der Waals surface area contributed by atoms with Crippen molar-refractivity contribution in [2.45, 2.75) is 0 Å². The number of nitrogens with zero attached hydrogens (tertiary/aromatic N) is 1. The van der Waals surface area contributed by atoms with Gasteiger partial charge >= 0.3 is 0 Å². The Kier molecular flexibility index (Phi) is 3.22. The van der Waals surface area contributed by atoms with Crippen LogP contribution in [0.2, 0.25) is 5.15 Å². The molecule has 5 heteroatoms. The molecular formula is C7H6ClF2NO. The Labute approximate surface area is 73.1 Å². The highest BCUT2D eigenvalue weighted by Crippen LogP contribution is 2.16. The molecule has 12 heavy (non-hydrogen) atoms. The molecule has 0 aliphatic rings. The molecule has 0 saturated heterocycles. The molecule has 0 radical (unpaired) electrons. The lowest BCUT2D eigenvalue weighted by molar-refractivity contribution is 0.271. The molecular weight excluding hydrogens is 188 g/mol. The molecule has 0 bridgehead atoms. The summed E-state index contributed by atoms with van der Waals surface area (Å²) in [5, 5.41) is -0.220. The number of hydrogen-bond acceptors (Lipinski definition) is 2. The number of pyridine rings is 1. The number of aromatic nitrogens is 1. The summed E-state index contributed by atoms with van der Waals surface area (Å²) in [6, 6.07) is 1.06. The molecule has 1 rings (SSSR count). The Balaban J connectivity index is 2.69. The van der Waals surface area contributed by atoms with E-state index in [0.29, 0.717) is 0 Å². The first kappa shape index (κ1) is 9.19. The summed E-state index contributed by atoms with van der Waals surface area (Å²) in [6.07, 6.45) is 1.24. The molecule has 1 aromatic heterocycles. The third kappa shape index (κ3) is 2.30. The average molecular weight is 194 g/mol. The van der Waals surface area contributed by atoms with Crippen LogP contribution in [0.1, 0.15) is 0 Å². The first-order valence-corrected chi connectivity index (χ1v) is 3.61. The SMILES string of the molecule is FCCOc1cnc(Cl)c(F)c1. The molecule has 0 spiro atoms. The van der Waals surface area contributed by atoms with Gasteiger partial charge in [0.15, 0.2) is 11.0 Å². The fraction of sp³-hybridized carbons (Fsp3) is 0.286. The summed E-state index contributed by atoms with van der Waals surface area (Å²) in [6.45, 7) is -0.729. The fourth-order valence-electron chi connectivity index (χ4n) is 0.639. The zero-order chi connectivity index (χ0) is 8.97. The molecule has 0 aromatic carbocycles. The third-order valence-electron chi connectivity index (χ3n) is 1.12. The van der Waals surface area contributed by atoms with Gasteiger partial charge < -0.3 is 4.74 Å². The third-order valence-corrected chi connectivity index (χ3v) is 1.40. The Morgan fingerprint density at radius 3 is 2.92 bits per heavy atom. The van der Waals surface area contributed by atoms with Gasteiger partial charge in [0, 0.05) is 6.07 Å². The average Bonchev–Trinajstić information content (AvgIpc) is 2.07. The van der Waals surface area contributed by atoms with Crippen LogP contribution in [0, 0.1) is 5.82 Å². The Hall–Kier alpha value is -0.900. The van der Waals surface area contributed by atoms with Crippen LogP contribution in [-0.4, -0.2) is 18.3 Å². The van der Waals surface area contributed by atoms with Crippen LogP contribution in [0.4, 0.5) is 8.78 Å². The molecule has 1 heterocycles. The van der Waals surface area contributed by atoms with Gasteiger partial charge in [-0.25, -0.2) is 13.8 Å². The minimum atomic E-state index is -0.673. The van der Waals surface area contributed by atoms with Crippen molar-refractivity contribution in [1.29, 1.82) is 0 Å². The van der Waals surface area contributed by atoms with Gasteiger partial charge in [-0.3, -0.25) is 0 Å². The van der Waals surface area contributed by atoms with Crippen molar-refractivity contribution in [3.05, 3.63) is 23.2 Å². The van der Waals surface area contributed by atoms with Crippen LogP contribution in [0.3, 0.4) is 0 Å². The number of halogens is 3. The topological polar surface area (TPSA) is 22.1 Å². The van der Waals surface area contributed by atoms with E-state index in [0.717, 1.165) is 6.07 Å². The number of rotatable bonds is 3. The van der Waals surface area contributed by atoms with Crippen molar-refractivity contribution in [1.82, 2.24) is 4.98 Å². The van der Waals surface area contributed by atoms with E-state index >= 15 is 0 Å². The lowest BCUT2D eigenvalue weighted by Gasteiger charge is -2.02. The summed E-state index contributed by atoms with van der Waals surface area (Å²) in [7, 11) is 0. The molecule has 1 aromatic rings. The van der Waals surface area contributed by atoms with Gasteiger partial charge in [-0.1, -0.05) is 11.6 Å². The number of hydrogen-bond donors (Lipinski definition) is 0. The summed E-state index contributed by atoms with van der Waals surface area (Å²) in [5.41, 5.74) is 0. The van der Waals surface area contributed by atoms with Gasteiger partial charge in [-0.15, -0.1) is 0 Å². The predicted molar refractivity (Wildman–Crippen MR) is 40.7 cm³/mol. The van der Waals surface area contributed by atoms with Crippen molar-refractivity contribution in [3.8, 4) is 5.75 Å². The first-order valence-electron chi connectivity index (χ1n) is 3.24. The predicted octanol–water partition coefficient (Wildman–Crippen LogP) is 2.22. The minimum absolute atomic E-state index is 0.108. The maximum atomic E-state index is 12.6. The van der Waals surface area contributed by atoms with Crippen molar-refractivity contribution < 1.29 is 13.5 Å². The van der Waals surface area contributed by atoms with E-state index in [1.54, 1.807) is 0 Å². The smallest absolute Gasteiger partial charge is 0.164 e. The molecule has 0 aliphatic carbocycles. The van der Waals surface area contributed by atoms with Crippen LogP contribution >= 0.6 is 11.6 Å². The van der Waals surface area contributed by atoms with Crippen LogP contribution in [-0.2, 0) is 0 Å². The van der Waals surface area contributed by atoms with E-state index in [1.807, 2.05) is 0 Å². The normalized spacial score (nSPS) is 9.92. The zero-order valence-corrected chi connectivity index (χ0v) is 6.81. The Morgan fingerprint density at radius 1 is 1.58 bits per heavy atom. The Bertz CT molecular complexity index is 270. The van der Waals surface area contributed by atoms with E-state index in [4.69, 9.17) is 16.3 Å².